The number of terminal acetylenes is 1. The van der Waals surface area contributed by atoms with Gasteiger partial charge in [-0.1, -0.05) is 53.7 Å². The predicted molar refractivity (Wildman–Crippen MR) is 118 cm³/mol. The maximum atomic E-state index is 13.3. The number of thiazole rings is 1. The van der Waals surface area contributed by atoms with Crippen molar-refractivity contribution in [1.82, 2.24) is 4.57 Å². The van der Waals surface area contributed by atoms with Crippen LogP contribution in [0.25, 0.3) is 21.0 Å². The van der Waals surface area contributed by atoms with Gasteiger partial charge in [0.2, 0.25) is 0 Å². The highest BCUT2D eigenvalue weighted by Crippen LogP contribution is 2.29. The SMILES string of the molecule is C#CCn1c(=NC(=O)c2c(OCC)ccc3ccccc23)sc2cc(C)ccc21. The number of fused-ring (bicyclic) bond motifs is 2. The van der Waals surface area contributed by atoms with Gasteiger partial charge in [0.05, 0.1) is 28.9 Å². The van der Waals surface area contributed by atoms with E-state index >= 15 is 0 Å². The highest BCUT2D eigenvalue weighted by Gasteiger charge is 2.17. The lowest BCUT2D eigenvalue weighted by atomic mass is 10.0. The van der Waals surface area contributed by atoms with Crippen molar-refractivity contribution in [3.05, 3.63) is 70.5 Å². The number of ether oxygens (including phenoxy) is 1. The maximum Gasteiger partial charge on any atom is 0.284 e. The fourth-order valence-corrected chi connectivity index (χ4v) is 4.53. The van der Waals surface area contributed by atoms with Gasteiger partial charge in [0.1, 0.15) is 5.75 Å². The number of aromatic nitrogens is 1. The Labute approximate surface area is 173 Å². The third-order valence-corrected chi connectivity index (χ3v) is 5.73. The van der Waals surface area contributed by atoms with Crippen molar-refractivity contribution in [2.24, 2.45) is 4.99 Å². The first-order chi connectivity index (χ1) is 14.1. The molecular weight excluding hydrogens is 380 g/mol. The molecule has 0 aliphatic rings. The van der Waals surface area contributed by atoms with Gasteiger partial charge in [0, 0.05) is 0 Å². The number of rotatable bonds is 4. The van der Waals surface area contributed by atoms with E-state index in [2.05, 4.69) is 17.0 Å². The van der Waals surface area contributed by atoms with Crippen LogP contribution in [-0.2, 0) is 6.54 Å². The summed E-state index contributed by atoms with van der Waals surface area (Å²) in [6, 6.07) is 17.7. The molecule has 4 aromatic rings. The molecule has 29 heavy (non-hydrogen) atoms. The van der Waals surface area contributed by atoms with Crippen LogP contribution in [-0.4, -0.2) is 17.1 Å². The highest BCUT2D eigenvalue weighted by atomic mass is 32.1. The molecule has 1 amide bonds. The minimum atomic E-state index is -0.334. The van der Waals surface area contributed by atoms with Gasteiger partial charge in [0.25, 0.3) is 5.91 Å². The van der Waals surface area contributed by atoms with Crippen LogP contribution in [0.2, 0.25) is 0 Å². The average Bonchev–Trinajstić information content (AvgIpc) is 3.04. The molecule has 0 bridgehead atoms. The summed E-state index contributed by atoms with van der Waals surface area (Å²) in [5, 5.41) is 1.80. The number of benzene rings is 3. The zero-order valence-electron chi connectivity index (χ0n) is 16.3. The first-order valence-corrected chi connectivity index (χ1v) is 10.2. The van der Waals surface area contributed by atoms with Crippen LogP contribution in [0.15, 0.2) is 59.6 Å². The van der Waals surface area contributed by atoms with Gasteiger partial charge in [0.15, 0.2) is 4.80 Å². The quantitative estimate of drug-likeness (QED) is 0.456. The summed E-state index contributed by atoms with van der Waals surface area (Å²) in [6.45, 7) is 4.76. The smallest absolute Gasteiger partial charge is 0.284 e. The third-order valence-electron chi connectivity index (χ3n) is 4.69. The standard InChI is InChI=1S/C24H20N2O2S/c1-4-14-26-19-12-10-16(3)15-21(19)29-24(26)25-23(27)22-18-9-7-6-8-17(18)11-13-20(22)28-5-2/h1,6-13,15H,5,14H2,2-3H3. The van der Waals surface area contributed by atoms with Crippen LogP contribution >= 0.6 is 11.3 Å². The first-order valence-electron chi connectivity index (χ1n) is 9.39. The molecule has 0 aliphatic carbocycles. The van der Waals surface area contributed by atoms with Crippen LogP contribution in [0, 0.1) is 19.3 Å². The van der Waals surface area contributed by atoms with Crippen molar-refractivity contribution >= 4 is 38.2 Å². The Morgan fingerprint density at radius 1 is 1.21 bits per heavy atom. The summed E-state index contributed by atoms with van der Waals surface area (Å²) < 4.78 is 8.70. The van der Waals surface area contributed by atoms with Gasteiger partial charge in [-0.2, -0.15) is 4.99 Å². The molecule has 0 fully saturated rings. The Hall–Kier alpha value is -3.36. The Bertz CT molecular complexity index is 1340. The van der Waals surface area contributed by atoms with Crippen molar-refractivity contribution < 1.29 is 9.53 Å². The van der Waals surface area contributed by atoms with E-state index in [0.717, 1.165) is 26.6 Å². The van der Waals surface area contributed by atoms with Crippen LogP contribution in [0.4, 0.5) is 0 Å². The van der Waals surface area contributed by atoms with Crippen LogP contribution in [0.3, 0.4) is 0 Å². The van der Waals surface area contributed by atoms with Crippen LogP contribution in [0.1, 0.15) is 22.8 Å². The Balaban J connectivity index is 1.95. The molecule has 0 atom stereocenters. The second kappa shape index (κ2) is 7.94. The lowest BCUT2D eigenvalue weighted by Crippen LogP contribution is -2.17. The highest BCUT2D eigenvalue weighted by molar-refractivity contribution is 7.16. The zero-order chi connectivity index (χ0) is 20.4. The monoisotopic (exact) mass is 400 g/mol. The van der Waals surface area contributed by atoms with E-state index in [1.54, 1.807) is 0 Å². The van der Waals surface area contributed by atoms with Gasteiger partial charge in [-0.15, -0.1) is 6.42 Å². The fourth-order valence-electron chi connectivity index (χ4n) is 3.40. The summed E-state index contributed by atoms with van der Waals surface area (Å²) in [6.07, 6.45) is 5.58. The molecule has 5 heteroatoms. The summed E-state index contributed by atoms with van der Waals surface area (Å²) >= 11 is 1.46. The molecular formula is C24H20N2O2S. The molecule has 0 N–H and O–H groups in total. The van der Waals surface area contributed by atoms with E-state index in [9.17, 15) is 4.79 Å². The summed E-state index contributed by atoms with van der Waals surface area (Å²) in [5.41, 5.74) is 2.61. The molecule has 3 aromatic carbocycles. The zero-order valence-corrected chi connectivity index (χ0v) is 17.1. The van der Waals surface area contributed by atoms with E-state index in [0.29, 0.717) is 29.3 Å². The molecule has 0 saturated heterocycles. The number of hydrogen-bond donors (Lipinski definition) is 0. The second-order valence-corrected chi connectivity index (χ2v) is 7.66. The Morgan fingerprint density at radius 3 is 2.83 bits per heavy atom. The van der Waals surface area contributed by atoms with Gasteiger partial charge in [-0.3, -0.25) is 4.79 Å². The number of aryl methyl sites for hydroxylation is 1. The van der Waals surface area contributed by atoms with E-state index < -0.39 is 0 Å². The number of carbonyl (C=O) groups is 1. The molecule has 1 heterocycles. The largest absolute Gasteiger partial charge is 0.493 e. The Morgan fingerprint density at radius 2 is 2.03 bits per heavy atom. The first kappa shape index (κ1) is 19.0. The summed E-state index contributed by atoms with van der Waals surface area (Å²) in [4.78, 5) is 18.4. The van der Waals surface area contributed by atoms with Crippen molar-refractivity contribution in [2.45, 2.75) is 20.4 Å². The maximum absolute atomic E-state index is 13.3. The van der Waals surface area contributed by atoms with E-state index in [-0.39, 0.29) is 5.91 Å². The molecule has 0 unspecified atom stereocenters. The average molecular weight is 401 g/mol. The molecule has 0 spiro atoms. The second-order valence-electron chi connectivity index (χ2n) is 6.66. The van der Waals surface area contributed by atoms with Crippen molar-refractivity contribution in [1.29, 1.82) is 0 Å². The molecule has 0 radical (unpaired) electrons. The molecule has 1 aromatic heterocycles. The summed E-state index contributed by atoms with van der Waals surface area (Å²) in [5.74, 6) is 2.87. The van der Waals surface area contributed by atoms with Crippen molar-refractivity contribution in [2.75, 3.05) is 6.61 Å². The van der Waals surface area contributed by atoms with Gasteiger partial charge in [-0.25, -0.2) is 0 Å². The van der Waals surface area contributed by atoms with Crippen molar-refractivity contribution in [3.63, 3.8) is 0 Å². The van der Waals surface area contributed by atoms with Crippen LogP contribution < -0.4 is 9.54 Å². The van der Waals surface area contributed by atoms with E-state index in [1.165, 1.54) is 11.3 Å². The normalized spacial score (nSPS) is 11.7. The summed E-state index contributed by atoms with van der Waals surface area (Å²) in [7, 11) is 0. The Kier molecular flexibility index (Phi) is 5.20. The van der Waals surface area contributed by atoms with Crippen molar-refractivity contribution in [3.8, 4) is 18.1 Å². The number of hydrogen-bond acceptors (Lipinski definition) is 3. The minimum absolute atomic E-state index is 0.334. The fraction of sp³-hybridized carbons (Fsp3) is 0.167. The number of amides is 1. The van der Waals surface area contributed by atoms with Gasteiger partial charge in [-0.05, 0) is 48.4 Å². The topological polar surface area (TPSA) is 43.6 Å². The van der Waals surface area contributed by atoms with E-state index in [1.807, 2.05) is 66.9 Å². The molecule has 144 valence electrons. The predicted octanol–water partition coefficient (Wildman–Crippen LogP) is 4.94. The molecule has 4 nitrogen and oxygen atoms in total. The van der Waals surface area contributed by atoms with Gasteiger partial charge < -0.3 is 9.30 Å². The number of carbonyl (C=O) groups excluding carboxylic acids is 1. The minimum Gasteiger partial charge on any atom is -0.493 e. The van der Waals surface area contributed by atoms with Crippen LogP contribution in [0.5, 0.6) is 5.75 Å². The molecule has 4 rings (SSSR count). The van der Waals surface area contributed by atoms with E-state index in [4.69, 9.17) is 11.2 Å². The molecule has 0 aliphatic heterocycles. The lowest BCUT2D eigenvalue weighted by molar-refractivity contribution is 0.0996. The molecule has 0 saturated carbocycles. The van der Waals surface area contributed by atoms with Gasteiger partial charge >= 0.3 is 0 Å². The lowest BCUT2D eigenvalue weighted by Gasteiger charge is -2.10. The third kappa shape index (κ3) is 3.55. The number of nitrogens with zero attached hydrogens (tertiary/aromatic N) is 2.